The molecule has 2 heteroatoms. The molecule has 2 fully saturated rings. The van der Waals surface area contributed by atoms with Gasteiger partial charge in [-0.05, 0) is 33.6 Å². The van der Waals surface area contributed by atoms with Crippen molar-refractivity contribution in [1.29, 1.82) is 0 Å². The molecule has 2 aliphatic heterocycles. The lowest BCUT2D eigenvalue weighted by atomic mass is 9.86. The molecule has 0 bridgehead atoms. The topological polar surface area (TPSA) is 12.5 Å². The van der Waals surface area contributed by atoms with Crippen molar-refractivity contribution in [1.82, 2.24) is 4.90 Å². The van der Waals surface area contributed by atoms with E-state index in [1.54, 1.807) is 0 Å². The van der Waals surface area contributed by atoms with Gasteiger partial charge in [0.2, 0.25) is 0 Å². The quantitative estimate of drug-likeness (QED) is 0.546. The van der Waals surface area contributed by atoms with Gasteiger partial charge in [-0.2, -0.15) is 0 Å². The second-order valence-corrected chi connectivity index (χ2v) is 5.16. The molecule has 0 amide bonds. The fourth-order valence-electron chi connectivity index (χ4n) is 2.13. The van der Waals surface area contributed by atoms with Crippen molar-refractivity contribution in [3.05, 3.63) is 0 Å². The minimum Gasteiger partial charge on any atom is -0.372 e. The van der Waals surface area contributed by atoms with Crippen LogP contribution in [0.3, 0.4) is 0 Å². The van der Waals surface area contributed by atoms with Gasteiger partial charge in [0.1, 0.15) is 0 Å². The van der Waals surface area contributed by atoms with E-state index in [0.717, 1.165) is 19.7 Å². The summed E-state index contributed by atoms with van der Waals surface area (Å²) in [6.07, 6.45) is 2.54. The zero-order valence-corrected chi connectivity index (χ0v) is 8.39. The van der Waals surface area contributed by atoms with Gasteiger partial charge in [0.25, 0.3) is 0 Å². The predicted molar refractivity (Wildman–Crippen MR) is 49.2 cm³/mol. The average molecular weight is 169 g/mol. The molecule has 0 aromatic rings. The number of nitrogens with zero attached hydrogens (tertiary/aromatic N) is 1. The van der Waals surface area contributed by atoms with E-state index in [9.17, 15) is 0 Å². The second-order valence-electron chi connectivity index (χ2n) is 5.16. The molecule has 2 nitrogen and oxygen atoms in total. The van der Waals surface area contributed by atoms with Crippen LogP contribution in [0.5, 0.6) is 0 Å². The van der Waals surface area contributed by atoms with Crippen LogP contribution in [0.1, 0.15) is 33.6 Å². The van der Waals surface area contributed by atoms with Gasteiger partial charge in [-0.1, -0.05) is 0 Å². The van der Waals surface area contributed by atoms with E-state index in [2.05, 4.69) is 25.7 Å². The van der Waals surface area contributed by atoms with Gasteiger partial charge in [-0.3, -0.25) is 4.90 Å². The summed E-state index contributed by atoms with van der Waals surface area (Å²) in [6.45, 7) is 10.1. The third-order valence-corrected chi connectivity index (χ3v) is 3.09. The molecule has 2 rings (SSSR count). The Kier molecular flexibility index (Phi) is 1.74. The normalized spacial score (nSPS) is 29.2. The van der Waals surface area contributed by atoms with Crippen LogP contribution in [-0.2, 0) is 4.74 Å². The van der Waals surface area contributed by atoms with Crippen LogP contribution < -0.4 is 0 Å². The van der Waals surface area contributed by atoms with Crippen LogP contribution in [0.25, 0.3) is 0 Å². The molecule has 0 atom stereocenters. The largest absolute Gasteiger partial charge is 0.372 e. The molecular formula is C10H19NO. The summed E-state index contributed by atoms with van der Waals surface area (Å²) in [5, 5.41) is 0. The number of likely N-dealkylation sites (tertiary alicyclic amines) is 1. The van der Waals surface area contributed by atoms with E-state index in [1.807, 2.05) is 0 Å². The molecule has 70 valence electrons. The highest BCUT2D eigenvalue weighted by Crippen LogP contribution is 2.38. The molecule has 2 saturated heterocycles. The summed E-state index contributed by atoms with van der Waals surface area (Å²) in [5.74, 6) is 0. The Morgan fingerprint density at radius 3 is 2.33 bits per heavy atom. The summed E-state index contributed by atoms with van der Waals surface area (Å²) in [5.41, 5.74) is 0.602. The third kappa shape index (κ3) is 1.27. The zero-order chi connectivity index (χ0) is 8.82. The number of rotatable bonds is 0. The molecular weight excluding hydrogens is 150 g/mol. The lowest BCUT2D eigenvalue weighted by Crippen LogP contribution is -2.66. The van der Waals surface area contributed by atoms with Crippen LogP contribution in [0.4, 0.5) is 0 Å². The average Bonchev–Trinajstić information content (AvgIpc) is 2.27. The van der Waals surface area contributed by atoms with E-state index < -0.39 is 0 Å². The predicted octanol–water partition coefficient (Wildman–Crippen LogP) is 1.65. The van der Waals surface area contributed by atoms with E-state index in [0.29, 0.717) is 5.54 Å². The Balaban J connectivity index is 1.90. The van der Waals surface area contributed by atoms with Crippen LogP contribution in [0.15, 0.2) is 0 Å². The van der Waals surface area contributed by atoms with Crippen LogP contribution in [0, 0.1) is 0 Å². The smallest absolute Gasteiger partial charge is 0.0936 e. The Bertz CT molecular complexity index is 169. The standard InChI is InChI=1S/C10H19NO/c1-9(2,3)11-7-10(8-11)5-4-6-12-10/h4-8H2,1-3H3. The van der Waals surface area contributed by atoms with Crippen molar-refractivity contribution in [2.45, 2.75) is 44.8 Å². The Labute approximate surface area is 74.9 Å². The summed E-state index contributed by atoms with van der Waals surface area (Å²) < 4.78 is 5.76. The summed E-state index contributed by atoms with van der Waals surface area (Å²) >= 11 is 0. The van der Waals surface area contributed by atoms with Crippen molar-refractivity contribution in [2.24, 2.45) is 0 Å². The molecule has 12 heavy (non-hydrogen) atoms. The van der Waals surface area contributed by atoms with E-state index >= 15 is 0 Å². The van der Waals surface area contributed by atoms with Gasteiger partial charge in [0, 0.05) is 25.2 Å². The first-order chi connectivity index (χ1) is 5.52. The molecule has 0 radical (unpaired) electrons. The highest BCUT2D eigenvalue weighted by Gasteiger charge is 2.49. The maximum atomic E-state index is 5.76. The lowest BCUT2D eigenvalue weighted by Gasteiger charge is -2.53. The first-order valence-electron chi connectivity index (χ1n) is 4.91. The molecule has 0 saturated carbocycles. The molecule has 1 spiro atoms. The number of ether oxygens (including phenoxy) is 1. The first kappa shape index (κ1) is 8.52. The van der Waals surface area contributed by atoms with Gasteiger partial charge >= 0.3 is 0 Å². The summed E-state index contributed by atoms with van der Waals surface area (Å²) in [4.78, 5) is 2.50. The van der Waals surface area contributed by atoms with Crippen molar-refractivity contribution in [3.63, 3.8) is 0 Å². The highest BCUT2D eigenvalue weighted by atomic mass is 16.5. The van der Waals surface area contributed by atoms with Crippen molar-refractivity contribution in [3.8, 4) is 0 Å². The molecule has 0 N–H and O–H groups in total. The fraction of sp³-hybridized carbons (Fsp3) is 1.00. The maximum Gasteiger partial charge on any atom is 0.0936 e. The van der Waals surface area contributed by atoms with Crippen LogP contribution in [-0.4, -0.2) is 35.7 Å². The van der Waals surface area contributed by atoms with Crippen molar-refractivity contribution >= 4 is 0 Å². The lowest BCUT2D eigenvalue weighted by molar-refractivity contribution is -0.140. The Morgan fingerprint density at radius 1 is 1.25 bits per heavy atom. The SMILES string of the molecule is CC(C)(C)N1CC2(CCCO2)C1. The monoisotopic (exact) mass is 169 g/mol. The number of hydrogen-bond donors (Lipinski definition) is 0. The second kappa shape index (κ2) is 2.46. The maximum absolute atomic E-state index is 5.76. The first-order valence-corrected chi connectivity index (χ1v) is 4.91. The number of hydrogen-bond acceptors (Lipinski definition) is 2. The minimum absolute atomic E-state index is 0.271. The molecule has 0 aromatic heterocycles. The molecule has 0 unspecified atom stereocenters. The fourth-order valence-corrected chi connectivity index (χ4v) is 2.13. The third-order valence-electron chi connectivity index (χ3n) is 3.09. The van der Waals surface area contributed by atoms with Crippen molar-refractivity contribution < 1.29 is 4.74 Å². The summed E-state index contributed by atoms with van der Waals surface area (Å²) in [6, 6.07) is 0. The molecule has 0 aliphatic carbocycles. The van der Waals surface area contributed by atoms with Gasteiger partial charge in [-0.15, -0.1) is 0 Å². The molecule has 0 aromatic carbocycles. The van der Waals surface area contributed by atoms with Gasteiger partial charge < -0.3 is 4.74 Å². The van der Waals surface area contributed by atoms with Crippen LogP contribution in [0.2, 0.25) is 0 Å². The van der Waals surface area contributed by atoms with Crippen LogP contribution >= 0.6 is 0 Å². The van der Waals surface area contributed by atoms with E-state index in [4.69, 9.17) is 4.74 Å². The van der Waals surface area contributed by atoms with Gasteiger partial charge in [0.05, 0.1) is 5.60 Å². The van der Waals surface area contributed by atoms with E-state index in [-0.39, 0.29) is 5.60 Å². The molecule has 2 aliphatic rings. The van der Waals surface area contributed by atoms with Crippen molar-refractivity contribution in [2.75, 3.05) is 19.7 Å². The highest BCUT2D eigenvalue weighted by molar-refractivity contribution is 5.03. The Morgan fingerprint density at radius 2 is 1.92 bits per heavy atom. The van der Waals surface area contributed by atoms with E-state index in [1.165, 1.54) is 12.8 Å². The summed E-state index contributed by atoms with van der Waals surface area (Å²) in [7, 11) is 0. The van der Waals surface area contributed by atoms with Gasteiger partial charge in [0.15, 0.2) is 0 Å². The van der Waals surface area contributed by atoms with Gasteiger partial charge in [-0.25, -0.2) is 0 Å². The molecule has 2 heterocycles. The zero-order valence-electron chi connectivity index (χ0n) is 8.39. The Hall–Kier alpha value is -0.0800. The minimum atomic E-state index is 0.271.